The minimum atomic E-state index is 0.523. The van der Waals surface area contributed by atoms with Crippen LogP contribution in [0.5, 0.6) is 0 Å². The Balaban J connectivity index is 2.06. The number of aromatic nitrogens is 1. The Bertz CT molecular complexity index is 565. The number of hydrogen-bond acceptors (Lipinski definition) is 3. The average molecular weight is 367 g/mol. The fourth-order valence-corrected chi connectivity index (χ4v) is 3.73. The molecule has 1 N–H and O–H groups in total. The molecule has 1 unspecified atom stereocenters. The molecule has 114 valence electrons. The third-order valence-electron chi connectivity index (χ3n) is 3.44. The molecule has 0 bridgehead atoms. The van der Waals surface area contributed by atoms with E-state index in [1.54, 1.807) is 0 Å². The lowest BCUT2D eigenvalue weighted by atomic mass is 9.95. The van der Waals surface area contributed by atoms with E-state index in [0.717, 1.165) is 24.4 Å². The predicted octanol–water partition coefficient (Wildman–Crippen LogP) is 4.61. The molecule has 0 spiro atoms. The van der Waals surface area contributed by atoms with Crippen LogP contribution in [0, 0.1) is 12.8 Å². The summed E-state index contributed by atoms with van der Waals surface area (Å²) in [5.74, 6) is 0.589. The zero-order chi connectivity index (χ0) is 15.2. The molecule has 21 heavy (non-hydrogen) atoms. The van der Waals surface area contributed by atoms with E-state index in [0.29, 0.717) is 12.0 Å². The monoisotopic (exact) mass is 366 g/mol. The number of aryl methyl sites for hydroxylation is 1. The molecule has 0 amide bonds. The maximum absolute atomic E-state index is 4.38. The second-order valence-electron chi connectivity index (χ2n) is 5.77. The zero-order valence-corrected chi connectivity index (χ0v) is 15.3. The molecular weight excluding hydrogens is 344 g/mol. The van der Waals surface area contributed by atoms with Crippen LogP contribution in [0.3, 0.4) is 0 Å². The van der Waals surface area contributed by atoms with E-state index in [4.69, 9.17) is 0 Å². The second-order valence-corrected chi connectivity index (χ2v) is 7.95. The summed E-state index contributed by atoms with van der Waals surface area (Å²) in [5.41, 5.74) is 1.38. The van der Waals surface area contributed by atoms with Crippen molar-refractivity contribution in [1.29, 1.82) is 0 Å². The Labute approximate surface area is 140 Å². The van der Waals surface area contributed by atoms with E-state index in [-0.39, 0.29) is 0 Å². The maximum Gasteiger partial charge on any atom is 0.0896 e. The number of halogens is 1. The molecule has 2 rings (SSSR count). The molecule has 0 radical (unpaired) electrons. The van der Waals surface area contributed by atoms with Crippen molar-refractivity contribution in [1.82, 2.24) is 10.3 Å². The molecule has 1 heterocycles. The van der Waals surface area contributed by atoms with Crippen molar-refractivity contribution in [3.63, 3.8) is 0 Å². The summed E-state index contributed by atoms with van der Waals surface area (Å²) in [7, 11) is 0. The summed E-state index contributed by atoms with van der Waals surface area (Å²) in [4.78, 5) is 5.76. The summed E-state index contributed by atoms with van der Waals surface area (Å²) >= 11 is 5.48. The van der Waals surface area contributed by atoms with Gasteiger partial charge in [-0.2, -0.15) is 0 Å². The topological polar surface area (TPSA) is 24.9 Å². The van der Waals surface area contributed by atoms with Crippen LogP contribution in [0.4, 0.5) is 0 Å². The first-order valence-corrected chi connectivity index (χ1v) is 9.03. The smallest absolute Gasteiger partial charge is 0.0896 e. The highest BCUT2D eigenvalue weighted by Crippen LogP contribution is 2.23. The lowest BCUT2D eigenvalue weighted by Crippen LogP contribution is -2.31. The van der Waals surface area contributed by atoms with Crippen molar-refractivity contribution in [2.75, 3.05) is 6.54 Å². The van der Waals surface area contributed by atoms with Crippen LogP contribution in [-0.2, 0) is 12.8 Å². The SMILES string of the molecule is Cc1ncc(CC(CNC(C)C)Cc2ccccc2Br)s1. The Morgan fingerprint density at radius 3 is 2.62 bits per heavy atom. The van der Waals surface area contributed by atoms with Crippen LogP contribution in [-0.4, -0.2) is 17.6 Å². The quantitative estimate of drug-likeness (QED) is 0.773. The summed E-state index contributed by atoms with van der Waals surface area (Å²) in [6.45, 7) is 7.51. The van der Waals surface area contributed by atoms with Crippen LogP contribution in [0.25, 0.3) is 0 Å². The number of nitrogens with one attached hydrogen (secondary N) is 1. The van der Waals surface area contributed by atoms with E-state index >= 15 is 0 Å². The number of rotatable bonds is 7. The molecule has 1 atom stereocenters. The van der Waals surface area contributed by atoms with Crippen LogP contribution >= 0.6 is 27.3 Å². The largest absolute Gasteiger partial charge is 0.314 e. The van der Waals surface area contributed by atoms with Gasteiger partial charge in [-0.15, -0.1) is 11.3 Å². The van der Waals surface area contributed by atoms with Gasteiger partial charge in [0, 0.05) is 21.6 Å². The molecule has 0 aliphatic carbocycles. The third kappa shape index (κ3) is 5.53. The zero-order valence-electron chi connectivity index (χ0n) is 12.9. The molecule has 0 aliphatic rings. The lowest BCUT2D eigenvalue weighted by Gasteiger charge is -2.19. The van der Waals surface area contributed by atoms with E-state index in [9.17, 15) is 0 Å². The summed E-state index contributed by atoms with van der Waals surface area (Å²) < 4.78 is 1.21. The summed E-state index contributed by atoms with van der Waals surface area (Å²) in [5, 5.41) is 4.74. The standard InChI is InChI=1S/C17H23BrN2S/c1-12(2)19-10-14(9-16-11-20-13(3)21-16)8-15-6-4-5-7-17(15)18/h4-7,11-12,14,19H,8-10H2,1-3H3. The molecule has 2 aromatic rings. The third-order valence-corrected chi connectivity index (χ3v) is 5.15. The minimum Gasteiger partial charge on any atom is -0.314 e. The first kappa shape index (κ1) is 16.7. The van der Waals surface area contributed by atoms with E-state index < -0.39 is 0 Å². The minimum absolute atomic E-state index is 0.523. The Kier molecular flexibility index (Phi) is 6.40. The van der Waals surface area contributed by atoms with E-state index in [2.05, 4.69) is 71.3 Å². The molecule has 0 saturated carbocycles. The second kappa shape index (κ2) is 8.06. The van der Waals surface area contributed by atoms with Crippen molar-refractivity contribution in [2.45, 2.75) is 39.7 Å². The van der Waals surface area contributed by atoms with Gasteiger partial charge in [-0.3, -0.25) is 0 Å². The molecule has 1 aromatic carbocycles. The average Bonchev–Trinajstić information content (AvgIpc) is 2.84. The van der Waals surface area contributed by atoms with Gasteiger partial charge >= 0.3 is 0 Å². The Morgan fingerprint density at radius 2 is 2.00 bits per heavy atom. The maximum atomic E-state index is 4.38. The van der Waals surface area contributed by atoms with Crippen molar-refractivity contribution < 1.29 is 0 Å². The molecule has 0 aliphatic heterocycles. The fraction of sp³-hybridized carbons (Fsp3) is 0.471. The number of benzene rings is 1. The lowest BCUT2D eigenvalue weighted by molar-refractivity contribution is 0.445. The van der Waals surface area contributed by atoms with Gasteiger partial charge < -0.3 is 5.32 Å². The molecule has 0 saturated heterocycles. The summed E-state index contributed by atoms with van der Waals surface area (Å²) in [6.07, 6.45) is 4.20. The number of nitrogens with zero attached hydrogens (tertiary/aromatic N) is 1. The van der Waals surface area contributed by atoms with Crippen LogP contribution in [0.15, 0.2) is 34.9 Å². The van der Waals surface area contributed by atoms with Crippen molar-refractivity contribution in [3.05, 3.63) is 50.4 Å². The van der Waals surface area contributed by atoms with Crippen molar-refractivity contribution in [2.24, 2.45) is 5.92 Å². The van der Waals surface area contributed by atoms with Gasteiger partial charge in [-0.25, -0.2) is 4.98 Å². The van der Waals surface area contributed by atoms with E-state index in [1.165, 1.54) is 14.9 Å². The molecule has 1 aromatic heterocycles. The van der Waals surface area contributed by atoms with Gasteiger partial charge in [0.05, 0.1) is 5.01 Å². The first-order valence-electron chi connectivity index (χ1n) is 7.42. The predicted molar refractivity (Wildman–Crippen MR) is 95.0 cm³/mol. The van der Waals surface area contributed by atoms with E-state index in [1.807, 2.05) is 17.5 Å². The van der Waals surface area contributed by atoms with Gasteiger partial charge in [0.1, 0.15) is 0 Å². The highest BCUT2D eigenvalue weighted by Gasteiger charge is 2.14. The van der Waals surface area contributed by atoms with Gasteiger partial charge in [-0.05, 0) is 43.9 Å². The number of hydrogen-bond donors (Lipinski definition) is 1. The van der Waals surface area contributed by atoms with Gasteiger partial charge in [0.2, 0.25) is 0 Å². The van der Waals surface area contributed by atoms with Crippen LogP contribution < -0.4 is 5.32 Å². The summed E-state index contributed by atoms with van der Waals surface area (Å²) in [6, 6.07) is 9.05. The van der Waals surface area contributed by atoms with Crippen LogP contribution in [0.2, 0.25) is 0 Å². The fourth-order valence-electron chi connectivity index (χ4n) is 2.38. The van der Waals surface area contributed by atoms with Crippen molar-refractivity contribution >= 4 is 27.3 Å². The Morgan fingerprint density at radius 1 is 1.24 bits per heavy atom. The molecule has 0 fully saturated rings. The van der Waals surface area contributed by atoms with Gasteiger partial charge in [0.25, 0.3) is 0 Å². The number of thiazole rings is 1. The van der Waals surface area contributed by atoms with Crippen molar-refractivity contribution in [3.8, 4) is 0 Å². The highest BCUT2D eigenvalue weighted by atomic mass is 79.9. The van der Waals surface area contributed by atoms with Crippen LogP contribution in [0.1, 0.15) is 29.3 Å². The molecule has 4 heteroatoms. The van der Waals surface area contributed by atoms with Gasteiger partial charge in [-0.1, -0.05) is 48.0 Å². The highest BCUT2D eigenvalue weighted by molar-refractivity contribution is 9.10. The molecule has 2 nitrogen and oxygen atoms in total. The normalized spacial score (nSPS) is 12.8. The first-order chi connectivity index (χ1) is 10.0. The Hall–Kier alpha value is -0.710. The van der Waals surface area contributed by atoms with Gasteiger partial charge in [0.15, 0.2) is 0 Å². The molecular formula is C17H23BrN2S.